The molecule has 1 aromatic heterocycles. The molecule has 3 aromatic rings. The molecule has 2 heterocycles. The smallest absolute Gasteiger partial charge is 0.268 e. The van der Waals surface area contributed by atoms with Crippen LogP contribution < -0.4 is 20.1 Å². The molecular formula is C26H29FN4O4S. The molecule has 1 aliphatic rings. The Hall–Kier alpha value is -3.66. The lowest BCUT2D eigenvalue weighted by Crippen LogP contribution is -2.46. The van der Waals surface area contributed by atoms with E-state index in [0.29, 0.717) is 48.4 Å². The minimum absolute atomic E-state index is 0.103. The lowest BCUT2D eigenvalue weighted by Gasteiger charge is -2.39. The minimum atomic E-state index is -4.15. The number of carbonyl (C=O) groups excluding carboxylic acids is 1. The van der Waals surface area contributed by atoms with Gasteiger partial charge in [-0.25, -0.2) is 22.5 Å². The Morgan fingerprint density at radius 3 is 2.61 bits per heavy atom. The Labute approximate surface area is 210 Å². The zero-order chi connectivity index (χ0) is 26.0. The van der Waals surface area contributed by atoms with E-state index in [9.17, 15) is 17.6 Å². The molecule has 0 saturated carbocycles. The van der Waals surface area contributed by atoms with Gasteiger partial charge in [-0.15, -0.1) is 0 Å². The van der Waals surface area contributed by atoms with Crippen LogP contribution in [0.5, 0.6) is 5.75 Å². The van der Waals surface area contributed by atoms with Crippen molar-refractivity contribution in [3.05, 3.63) is 66.0 Å². The summed E-state index contributed by atoms with van der Waals surface area (Å²) in [6.07, 6.45) is 0. The maximum Gasteiger partial charge on any atom is 0.268 e. The summed E-state index contributed by atoms with van der Waals surface area (Å²) in [5.41, 5.74) is 6.99. The molecule has 190 valence electrons. The molecule has 0 aliphatic carbocycles. The molecular weight excluding hydrogens is 483 g/mol. The molecule has 1 saturated heterocycles. The zero-order valence-electron chi connectivity index (χ0n) is 20.4. The molecule has 36 heavy (non-hydrogen) atoms. The highest BCUT2D eigenvalue weighted by molar-refractivity contribution is 7.90. The molecule has 10 heteroatoms. The number of anilines is 2. The summed E-state index contributed by atoms with van der Waals surface area (Å²) in [5, 5.41) is 0. The van der Waals surface area contributed by atoms with E-state index in [1.807, 2.05) is 18.7 Å². The van der Waals surface area contributed by atoms with Gasteiger partial charge in [-0.05, 0) is 54.3 Å². The van der Waals surface area contributed by atoms with Crippen molar-refractivity contribution in [2.75, 3.05) is 30.3 Å². The normalized spacial score (nSPS) is 14.0. The van der Waals surface area contributed by atoms with Crippen LogP contribution in [0.25, 0.3) is 11.3 Å². The van der Waals surface area contributed by atoms with Crippen molar-refractivity contribution < 1.29 is 22.3 Å². The molecule has 1 amide bonds. The number of hydrogen-bond acceptors (Lipinski definition) is 7. The second-order valence-corrected chi connectivity index (χ2v) is 11.1. The van der Waals surface area contributed by atoms with Gasteiger partial charge < -0.3 is 15.4 Å². The number of aromatic nitrogens is 1. The van der Waals surface area contributed by atoms with Gasteiger partial charge in [0.2, 0.25) is 0 Å². The first-order valence-corrected chi connectivity index (χ1v) is 13.1. The van der Waals surface area contributed by atoms with Crippen LogP contribution in [0.15, 0.2) is 59.5 Å². The van der Waals surface area contributed by atoms with Gasteiger partial charge in [0, 0.05) is 30.4 Å². The predicted octanol–water partition coefficient (Wildman–Crippen LogP) is 4.08. The van der Waals surface area contributed by atoms with Crippen molar-refractivity contribution >= 4 is 27.4 Å². The van der Waals surface area contributed by atoms with Crippen molar-refractivity contribution in [1.82, 2.24) is 9.71 Å². The second kappa shape index (κ2) is 10.1. The van der Waals surface area contributed by atoms with Crippen LogP contribution >= 0.6 is 0 Å². The Morgan fingerprint density at radius 1 is 1.19 bits per heavy atom. The van der Waals surface area contributed by atoms with Crippen molar-refractivity contribution in [1.29, 1.82) is 0 Å². The first kappa shape index (κ1) is 25.4. The summed E-state index contributed by atoms with van der Waals surface area (Å²) in [6.45, 7) is 7.82. The zero-order valence-corrected chi connectivity index (χ0v) is 21.2. The van der Waals surface area contributed by atoms with E-state index >= 15 is 0 Å². The maximum absolute atomic E-state index is 14.4. The van der Waals surface area contributed by atoms with Crippen LogP contribution in [-0.4, -0.2) is 39.0 Å². The number of amides is 1. The highest BCUT2D eigenvalue weighted by atomic mass is 32.2. The predicted molar refractivity (Wildman–Crippen MR) is 137 cm³/mol. The average Bonchev–Trinajstić information content (AvgIpc) is 2.79. The van der Waals surface area contributed by atoms with Crippen LogP contribution in [0.2, 0.25) is 0 Å². The summed E-state index contributed by atoms with van der Waals surface area (Å²) < 4.78 is 47.7. The van der Waals surface area contributed by atoms with Crippen LogP contribution in [0.3, 0.4) is 0 Å². The molecule has 1 aliphatic heterocycles. The average molecular weight is 513 g/mol. The number of nitrogens with zero attached hydrogens (tertiary/aromatic N) is 2. The van der Waals surface area contributed by atoms with Crippen molar-refractivity contribution in [2.45, 2.75) is 25.7 Å². The van der Waals surface area contributed by atoms with Crippen molar-refractivity contribution in [3.63, 3.8) is 0 Å². The SMILES string of the molecule is CC(C)COc1cc(F)cc(-c2ccc(C(=O)NS(=O)(=O)c3cccc(N)c3)c(N3CC(C)C3)n2)c1. The lowest BCUT2D eigenvalue weighted by molar-refractivity contribution is 0.0981. The fourth-order valence-electron chi connectivity index (χ4n) is 3.87. The van der Waals surface area contributed by atoms with E-state index in [-0.39, 0.29) is 22.1 Å². The van der Waals surface area contributed by atoms with Gasteiger partial charge in [-0.3, -0.25) is 4.79 Å². The fraction of sp³-hybridized carbons (Fsp3) is 0.308. The molecule has 0 spiro atoms. The summed E-state index contributed by atoms with van der Waals surface area (Å²) in [6, 6.07) is 13.1. The van der Waals surface area contributed by atoms with Gasteiger partial charge in [-0.1, -0.05) is 26.8 Å². The van der Waals surface area contributed by atoms with Gasteiger partial charge in [-0.2, -0.15) is 0 Å². The Morgan fingerprint density at radius 2 is 1.94 bits per heavy atom. The largest absolute Gasteiger partial charge is 0.493 e. The molecule has 8 nitrogen and oxygen atoms in total. The highest BCUT2D eigenvalue weighted by Gasteiger charge is 2.30. The number of halogens is 1. The molecule has 1 fully saturated rings. The quantitative estimate of drug-likeness (QED) is 0.437. The van der Waals surface area contributed by atoms with Gasteiger partial charge in [0.15, 0.2) is 0 Å². The number of rotatable bonds is 8. The number of pyridine rings is 1. The molecule has 0 radical (unpaired) electrons. The van der Waals surface area contributed by atoms with E-state index in [0.717, 1.165) is 0 Å². The number of nitrogens with one attached hydrogen (secondary N) is 1. The third kappa shape index (κ3) is 5.76. The standard InChI is InChI=1S/C26H29FN4O4S/c1-16(2)15-35-21-10-18(9-19(27)11-21)24-8-7-23(25(29-24)31-13-17(3)14-31)26(32)30-36(33,34)22-6-4-5-20(28)12-22/h4-12,16-17H,13-15,28H2,1-3H3,(H,30,32). The summed E-state index contributed by atoms with van der Waals surface area (Å²) in [7, 11) is -4.15. The van der Waals surface area contributed by atoms with Gasteiger partial charge in [0.05, 0.1) is 22.8 Å². The van der Waals surface area contributed by atoms with Gasteiger partial charge >= 0.3 is 0 Å². The van der Waals surface area contributed by atoms with Crippen LogP contribution in [-0.2, 0) is 10.0 Å². The number of nitrogen functional groups attached to an aromatic ring is 1. The van der Waals surface area contributed by atoms with Crippen LogP contribution in [0.1, 0.15) is 31.1 Å². The Kier molecular flexibility index (Phi) is 7.16. The summed E-state index contributed by atoms with van der Waals surface area (Å²) in [5.74, 6) is 0.103. The number of nitrogens with two attached hydrogens (primary N) is 1. The van der Waals surface area contributed by atoms with Gasteiger partial charge in [0.25, 0.3) is 15.9 Å². The van der Waals surface area contributed by atoms with Crippen molar-refractivity contribution in [3.8, 4) is 17.0 Å². The number of sulfonamides is 1. The van der Waals surface area contributed by atoms with Crippen LogP contribution in [0, 0.1) is 17.7 Å². The van der Waals surface area contributed by atoms with E-state index in [1.165, 1.54) is 36.4 Å². The summed E-state index contributed by atoms with van der Waals surface area (Å²) >= 11 is 0. The molecule has 0 unspecified atom stereocenters. The van der Waals surface area contributed by atoms with Gasteiger partial charge in [0.1, 0.15) is 17.4 Å². The summed E-state index contributed by atoms with van der Waals surface area (Å²) in [4.78, 5) is 19.5. The van der Waals surface area contributed by atoms with Crippen LogP contribution in [0.4, 0.5) is 15.9 Å². The lowest BCUT2D eigenvalue weighted by atomic mass is 10.0. The maximum atomic E-state index is 14.4. The number of hydrogen-bond donors (Lipinski definition) is 2. The number of carbonyl (C=O) groups is 1. The molecule has 4 rings (SSSR count). The number of ether oxygens (including phenoxy) is 1. The second-order valence-electron chi connectivity index (χ2n) is 9.47. The third-order valence-electron chi connectivity index (χ3n) is 5.63. The van der Waals surface area contributed by atoms with E-state index < -0.39 is 21.7 Å². The number of benzene rings is 2. The highest BCUT2D eigenvalue weighted by Crippen LogP contribution is 2.31. The molecule has 3 N–H and O–H groups in total. The monoisotopic (exact) mass is 512 g/mol. The molecule has 0 atom stereocenters. The van der Waals surface area contributed by atoms with Crippen molar-refractivity contribution in [2.24, 2.45) is 11.8 Å². The fourth-order valence-corrected chi connectivity index (χ4v) is 4.89. The minimum Gasteiger partial charge on any atom is -0.493 e. The first-order chi connectivity index (χ1) is 17.0. The third-order valence-corrected chi connectivity index (χ3v) is 6.96. The van der Waals surface area contributed by atoms with E-state index in [4.69, 9.17) is 10.5 Å². The Bertz CT molecular complexity index is 1390. The molecule has 0 bridgehead atoms. The molecule has 2 aromatic carbocycles. The first-order valence-electron chi connectivity index (χ1n) is 11.6. The van der Waals surface area contributed by atoms with E-state index in [1.54, 1.807) is 18.2 Å². The van der Waals surface area contributed by atoms with E-state index in [2.05, 4.69) is 16.6 Å². The Balaban J connectivity index is 1.67. The topological polar surface area (TPSA) is 115 Å².